The molecule has 1 aliphatic rings. The molecule has 0 amide bonds. The quantitative estimate of drug-likeness (QED) is 0.275. The van der Waals surface area contributed by atoms with Crippen molar-refractivity contribution in [2.24, 2.45) is 4.99 Å². The fourth-order valence-corrected chi connectivity index (χ4v) is 4.93. The van der Waals surface area contributed by atoms with Gasteiger partial charge in [-0.25, -0.2) is 4.98 Å². The van der Waals surface area contributed by atoms with Crippen molar-refractivity contribution in [3.05, 3.63) is 95.8 Å². The van der Waals surface area contributed by atoms with Crippen molar-refractivity contribution in [3.63, 3.8) is 0 Å². The highest BCUT2D eigenvalue weighted by Gasteiger charge is 2.24. The number of benzene rings is 2. The first-order valence-corrected chi connectivity index (χ1v) is 14.3. The summed E-state index contributed by atoms with van der Waals surface area (Å²) >= 11 is 0. The third-order valence-electron chi connectivity index (χ3n) is 6.35. The maximum atomic E-state index is 12.1. The number of rotatable bonds is 10. The summed E-state index contributed by atoms with van der Waals surface area (Å²) in [6, 6.07) is 12.5. The summed E-state index contributed by atoms with van der Waals surface area (Å²) in [7, 11) is -0.276. The van der Waals surface area contributed by atoms with E-state index in [1.54, 1.807) is 7.11 Å². The second-order valence-corrected chi connectivity index (χ2v) is 10.5. The van der Waals surface area contributed by atoms with E-state index >= 15 is 0 Å². The Morgan fingerprint density at radius 3 is 2.41 bits per heavy atom. The van der Waals surface area contributed by atoms with Crippen molar-refractivity contribution in [3.8, 4) is 22.8 Å². The lowest BCUT2D eigenvalue weighted by Crippen LogP contribution is -2.07. The van der Waals surface area contributed by atoms with Crippen LogP contribution in [0.1, 0.15) is 31.7 Å². The molecule has 0 fully saturated rings. The van der Waals surface area contributed by atoms with E-state index in [9.17, 15) is 13.0 Å². The molecule has 9 nitrogen and oxygen atoms in total. The highest BCUT2D eigenvalue weighted by atomic mass is 32.2. The number of allylic oxidation sites excluding steroid dienone is 7. The van der Waals surface area contributed by atoms with Gasteiger partial charge in [0.25, 0.3) is 10.1 Å². The lowest BCUT2D eigenvalue weighted by atomic mass is 9.95. The van der Waals surface area contributed by atoms with Gasteiger partial charge >= 0.3 is 0 Å². The van der Waals surface area contributed by atoms with Gasteiger partial charge in [0.2, 0.25) is 5.89 Å². The van der Waals surface area contributed by atoms with Gasteiger partial charge in [0.1, 0.15) is 22.2 Å². The van der Waals surface area contributed by atoms with Crippen LogP contribution in [0.3, 0.4) is 0 Å². The molecule has 1 heterocycles. The van der Waals surface area contributed by atoms with Gasteiger partial charge in [0.05, 0.1) is 38.8 Å². The van der Waals surface area contributed by atoms with Crippen LogP contribution in [0.4, 0.5) is 0 Å². The zero-order valence-electron chi connectivity index (χ0n) is 23.5. The Balaban J connectivity index is 1.96. The molecule has 1 aliphatic carbocycles. The molecule has 0 atom stereocenters. The van der Waals surface area contributed by atoms with Crippen molar-refractivity contribution in [1.29, 1.82) is 0 Å². The summed E-state index contributed by atoms with van der Waals surface area (Å²) in [5, 5.41) is 0. The zero-order valence-corrected chi connectivity index (χ0v) is 24.4. The molecule has 4 rings (SSSR count). The number of methoxy groups -OCH3 is 3. The molecule has 0 saturated heterocycles. The lowest BCUT2D eigenvalue weighted by Gasteiger charge is -2.15. The van der Waals surface area contributed by atoms with Crippen LogP contribution in [0.25, 0.3) is 22.5 Å². The molecule has 41 heavy (non-hydrogen) atoms. The number of hydrogen-bond donors (Lipinski definition) is 1. The minimum Gasteiger partial charge on any atom is -0.497 e. The van der Waals surface area contributed by atoms with Gasteiger partial charge in [0.15, 0.2) is 5.76 Å². The van der Waals surface area contributed by atoms with Gasteiger partial charge in [-0.1, -0.05) is 37.3 Å². The molecule has 0 saturated carbocycles. The van der Waals surface area contributed by atoms with Crippen LogP contribution >= 0.6 is 0 Å². The molecule has 1 N–H and O–H groups in total. The van der Waals surface area contributed by atoms with Gasteiger partial charge in [-0.2, -0.15) is 8.42 Å². The maximum absolute atomic E-state index is 12.1. The highest BCUT2D eigenvalue weighted by Crippen LogP contribution is 2.39. The monoisotopic (exact) mass is 576 g/mol. The van der Waals surface area contributed by atoms with Crippen LogP contribution in [0.15, 0.2) is 98.6 Å². The van der Waals surface area contributed by atoms with Gasteiger partial charge in [0, 0.05) is 23.8 Å². The Kier molecular flexibility index (Phi) is 9.26. The number of oxazole rings is 1. The van der Waals surface area contributed by atoms with Crippen molar-refractivity contribution in [1.82, 2.24) is 4.98 Å². The molecule has 10 heteroatoms. The van der Waals surface area contributed by atoms with Crippen molar-refractivity contribution in [2.75, 3.05) is 27.9 Å². The predicted molar refractivity (Wildman–Crippen MR) is 159 cm³/mol. The molecule has 0 unspecified atom stereocenters. The molecule has 2 aromatic carbocycles. The normalized spacial score (nSPS) is 16.0. The average molecular weight is 577 g/mol. The smallest absolute Gasteiger partial charge is 0.298 e. The average Bonchev–Trinajstić information content (AvgIpc) is 3.47. The van der Waals surface area contributed by atoms with Crippen LogP contribution in [0.5, 0.6) is 11.5 Å². The van der Waals surface area contributed by atoms with Crippen molar-refractivity contribution < 1.29 is 31.6 Å². The zero-order chi connectivity index (χ0) is 29.6. The second kappa shape index (κ2) is 12.8. The van der Waals surface area contributed by atoms with Crippen molar-refractivity contribution >= 4 is 27.0 Å². The maximum Gasteiger partial charge on any atom is 0.298 e. The van der Waals surface area contributed by atoms with Gasteiger partial charge in [-0.05, 0) is 54.9 Å². The highest BCUT2D eigenvalue weighted by molar-refractivity contribution is 7.86. The Morgan fingerprint density at radius 1 is 1.05 bits per heavy atom. The standard InChI is InChI=1S/C31H32N2O7S/c1-6-14-32-26-13-12-22(37-3)16-23(26)24(15-20(2)21-10-8-7-9-11-21)31-33-19-29(40-31)25-17-30(41(34,35)36)28(39-5)18-27(25)38-4/h7-13,15-19H,6,14H2,1-5H3,(H,34,35,36)/b20-15+,24-23+,32-26?. The van der Waals surface area contributed by atoms with E-state index in [0.717, 1.165) is 28.8 Å². The molecule has 0 radical (unpaired) electrons. The fourth-order valence-electron chi connectivity index (χ4n) is 4.27. The summed E-state index contributed by atoms with van der Waals surface area (Å²) in [5.41, 5.74) is 4.39. The molecular formula is C31H32N2O7S. The number of ether oxygens (including phenoxy) is 3. The van der Waals surface area contributed by atoms with E-state index < -0.39 is 15.0 Å². The molecule has 1 aromatic heterocycles. The van der Waals surface area contributed by atoms with E-state index in [4.69, 9.17) is 23.6 Å². The number of hydrogen-bond acceptors (Lipinski definition) is 8. The Labute approximate surface area is 239 Å². The topological polar surface area (TPSA) is 120 Å². The lowest BCUT2D eigenvalue weighted by molar-refractivity contribution is 0.306. The Hall–Kier alpha value is -4.41. The second-order valence-electron chi connectivity index (χ2n) is 9.08. The SMILES string of the molecule is CCCN=C1C=CC(OC)=C/C1=C(/C=C(\C)c1ccccc1)c1ncc(-c2cc(S(=O)(=O)O)c(OC)cc2OC)o1. The third kappa shape index (κ3) is 6.67. The predicted octanol–water partition coefficient (Wildman–Crippen LogP) is 6.41. The summed E-state index contributed by atoms with van der Waals surface area (Å²) < 4.78 is 56.4. The minimum absolute atomic E-state index is 0.0694. The first kappa shape index (κ1) is 29.6. The van der Waals surface area contributed by atoms with E-state index in [0.29, 0.717) is 17.9 Å². The Morgan fingerprint density at radius 2 is 1.78 bits per heavy atom. The molecular weight excluding hydrogens is 544 g/mol. The molecule has 0 aliphatic heterocycles. The fraction of sp³-hybridized carbons (Fsp3) is 0.226. The molecule has 0 bridgehead atoms. The molecule has 0 spiro atoms. The summed E-state index contributed by atoms with van der Waals surface area (Å²) in [4.78, 5) is 8.92. The summed E-state index contributed by atoms with van der Waals surface area (Å²) in [5.74, 6) is 1.33. The van der Waals surface area contributed by atoms with Crippen LogP contribution in [-0.4, -0.2) is 51.5 Å². The number of aliphatic imine (C=N–C) groups is 1. The van der Waals surface area contributed by atoms with Gasteiger partial charge in [-0.3, -0.25) is 9.55 Å². The first-order chi connectivity index (χ1) is 19.7. The molecule has 214 valence electrons. The van der Waals surface area contributed by atoms with Crippen molar-refractivity contribution in [2.45, 2.75) is 25.2 Å². The Bertz CT molecular complexity index is 1680. The van der Waals surface area contributed by atoms with Crippen LogP contribution < -0.4 is 9.47 Å². The minimum atomic E-state index is -4.61. The summed E-state index contributed by atoms with van der Waals surface area (Å²) in [6.07, 6.45) is 9.94. The number of nitrogens with zero attached hydrogens (tertiary/aromatic N) is 2. The van der Waals surface area contributed by atoms with Gasteiger partial charge < -0.3 is 18.6 Å². The van der Waals surface area contributed by atoms with E-state index in [1.807, 2.05) is 61.6 Å². The van der Waals surface area contributed by atoms with E-state index in [2.05, 4.69) is 11.9 Å². The molecule has 3 aromatic rings. The van der Waals surface area contributed by atoms with E-state index in [1.165, 1.54) is 32.5 Å². The first-order valence-electron chi connectivity index (χ1n) is 12.9. The van der Waals surface area contributed by atoms with E-state index in [-0.39, 0.29) is 28.7 Å². The summed E-state index contributed by atoms with van der Waals surface area (Å²) in [6.45, 7) is 4.68. The largest absolute Gasteiger partial charge is 0.497 e. The van der Waals surface area contributed by atoms with Crippen LogP contribution in [0, 0.1) is 0 Å². The van der Waals surface area contributed by atoms with Crippen LogP contribution in [0.2, 0.25) is 0 Å². The number of aromatic nitrogens is 1. The van der Waals surface area contributed by atoms with Gasteiger partial charge in [-0.15, -0.1) is 0 Å². The van der Waals surface area contributed by atoms with Crippen LogP contribution in [-0.2, 0) is 14.9 Å². The third-order valence-corrected chi connectivity index (χ3v) is 7.23.